The average molecular weight is 495 g/mol. The van der Waals surface area contributed by atoms with Gasteiger partial charge in [0.05, 0.1) is 0 Å². The first-order valence-electron chi connectivity index (χ1n) is 0. The molecule has 0 bridgehead atoms. The molecule has 0 amide bonds. The Bertz CT molecular complexity index is 12.5. The Labute approximate surface area is 226 Å². The Hall–Kier alpha value is 7.18. The van der Waals surface area contributed by atoms with Crippen molar-refractivity contribution in [3.05, 3.63) is 0 Å². The van der Waals surface area contributed by atoms with E-state index in [0.717, 1.165) is 0 Å². The SMILES string of the molecule is [AlH3].[AlH3].[AlH3].[AlH3].[AlH3].[AlH3].[AlH3].[AlH3].[V].[V].[V].[V].[V]. The first-order valence-corrected chi connectivity index (χ1v) is 0. The summed E-state index contributed by atoms with van der Waals surface area (Å²) in [5.74, 6) is 0. The quantitative estimate of drug-likeness (QED) is 0.294. The second kappa shape index (κ2) is 123. The minimum atomic E-state index is 0. The molecule has 0 aromatic carbocycles. The van der Waals surface area contributed by atoms with Gasteiger partial charge in [0.15, 0.2) is 139 Å². The van der Waals surface area contributed by atoms with Gasteiger partial charge in [-0.3, -0.25) is 0 Å². The molecule has 5 radical (unpaired) electrons. The van der Waals surface area contributed by atoms with Gasteiger partial charge in [-0.2, -0.15) is 0 Å². The molecule has 0 aromatic rings. The Morgan fingerprint density at radius 3 is 0.154 bits per heavy atom. The first kappa shape index (κ1) is 144. The summed E-state index contributed by atoms with van der Waals surface area (Å²) in [5, 5.41) is 0. The second-order valence-corrected chi connectivity index (χ2v) is 0. The van der Waals surface area contributed by atoms with Crippen molar-refractivity contribution in [2.24, 2.45) is 0 Å². The van der Waals surface area contributed by atoms with E-state index >= 15 is 0 Å². The van der Waals surface area contributed by atoms with Crippen molar-refractivity contribution in [2.45, 2.75) is 0 Å². The molecule has 0 N–H and O–H groups in total. The molecule has 0 aliphatic heterocycles. The Kier molecular flexibility index (Phi) is 1360. The smallest absolute Gasteiger partial charge is 0 e. The van der Waals surface area contributed by atoms with Gasteiger partial charge in [0.25, 0.3) is 0 Å². The van der Waals surface area contributed by atoms with Crippen molar-refractivity contribution in [1.82, 2.24) is 0 Å². The summed E-state index contributed by atoms with van der Waals surface area (Å²) in [5.41, 5.74) is 0. The molecule has 73 valence electrons. The molecule has 0 saturated heterocycles. The van der Waals surface area contributed by atoms with Crippen LogP contribution in [0.2, 0.25) is 0 Å². The normalized spacial score (nSPS) is 0. The largest absolute Gasteiger partial charge is 0.187 e. The summed E-state index contributed by atoms with van der Waals surface area (Å²) in [4.78, 5) is 0. The van der Waals surface area contributed by atoms with Crippen LogP contribution in [0.3, 0.4) is 0 Å². The van der Waals surface area contributed by atoms with E-state index in [2.05, 4.69) is 0 Å². The summed E-state index contributed by atoms with van der Waals surface area (Å²) < 4.78 is 0. The van der Waals surface area contributed by atoms with E-state index in [1.807, 2.05) is 0 Å². The van der Waals surface area contributed by atoms with Crippen molar-refractivity contribution in [3.8, 4) is 0 Å². The van der Waals surface area contributed by atoms with Gasteiger partial charge in [-0.05, 0) is 0 Å². The molecule has 0 nitrogen and oxygen atoms in total. The van der Waals surface area contributed by atoms with Crippen LogP contribution in [0.4, 0.5) is 0 Å². The maximum atomic E-state index is 0. The van der Waals surface area contributed by atoms with Crippen molar-refractivity contribution in [2.75, 3.05) is 0 Å². The average Bonchev–Trinajstić information content (AvgIpc) is 0. The van der Waals surface area contributed by atoms with Crippen LogP contribution in [0.5, 0.6) is 0 Å². The maximum Gasteiger partial charge on any atom is 0.187 e. The molecule has 0 unspecified atom stereocenters. The molecule has 0 aliphatic carbocycles. The van der Waals surface area contributed by atoms with Crippen LogP contribution in [0.1, 0.15) is 0 Å². The predicted octanol–water partition coefficient (Wildman–Crippen LogP) is -9.48. The Morgan fingerprint density at radius 2 is 0.154 bits per heavy atom. The number of rotatable bonds is 0. The summed E-state index contributed by atoms with van der Waals surface area (Å²) in [7, 11) is 0. The van der Waals surface area contributed by atoms with Gasteiger partial charge in [0, 0.05) is 92.8 Å². The van der Waals surface area contributed by atoms with E-state index in [4.69, 9.17) is 0 Å². The monoisotopic (exact) mass is 495 g/mol. The van der Waals surface area contributed by atoms with E-state index in [0.29, 0.717) is 0 Å². The van der Waals surface area contributed by atoms with Crippen LogP contribution in [-0.4, -0.2) is 139 Å². The first-order chi connectivity index (χ1) is 0. The third-order valence-corrected chi connectivity index (χ3v) is 0. The van der Waals surface area contributed by atoms with E-state index in [1.165, 1.54) is 0 Å². The Morgan fingerprint density at radius 1 is 0.154 bits per heavy atom. The molecule has 13 heteroatoms. The van der Waals surface area contributed by atoms with Gasteiger partial charge in [0.2, 0.25) is 0 Å². The van der Waals surface area contributed by atoms with Gasteiger partial charge >= 0.3 is 0 Å². The molecule has 13 heavy (non-hydrogen) atoms. The second-order valence-electron chi connectivity index (χ2n) is 0. The van der Waals surface area contributed by atoms with Crippen molar-refractivity contribution in [3.63, 3.8) is 0 Å². The zero-order valence-electron chi connectivity index (χ0n) is 2.24. The molecular formula is H24Al8V5. The predicted molar refractivity (Wildman–Crippen MR) is 79.5 cm³/mol. The van der Waals surface area contributed by atoms with E-state index in [9.17, 15) is 0 Å². The molecule has 0 aromatic heterocycles. The topological polar surface area (TPSA) is 0 Å². The minimum absolute atomic E-state index is 0. The summed E-state index contributed by atoms with van der Waals surface area (Å²) in [6, 6.07) is 0. The summed E-state index contributed by atoms with van der Waals surface area (Å²) in [6.07, 6.45) is 0. The van der Waals surface area contributed by atoms with Crippen LogP contribution in [0, 0.1) is 0 Å². The molecule has 0 aliphatic rings. The van der Waals surface area contributed by atoms with Crippen LogP contribution >= 0.6 is 0 Å². The zero-order chi connectivity index (χ0) is 0. The number of hydrogen-bond donors (Lipinski definition) is 0. The van der Waals surface area contributed by atoms with Gasteiger partial charge in [-0.1, -0.05) is 0 Å². The molecule has 0 atom stereocenters. The van der Waals surface area contributed by atoms with E-state index in [1.54, 1.807) is 0 Å². The van der Waals surface area contributed by atoms with E-state index < -0.39 is 0 Å². The van der Waals surface area contributed by atoms with Crippen molar-refractivity contribution in [1.29, 1.82) is 0 Å². The zero-order valence-corrected chi connectivity index (χ0v) is 9.22. The van der Waals surface area contributed by atoms with E-state index in [-0.39, 0.29) is 232 Å². The third-order valence-electron chi connectivity index (χ3n) is 0. The number of hydrogen-bond acceptors (Lipinski definition) is 0. The maximum absolute atomic E-state index is 0. The summed E-state index contributed by atoms with van der Waals surface area (Å²) >= 11 is 0. The molecular weight excluding hydrogens is 471 g/mol. The standard InChI is InChI=1S/8Al.5V.24H. The van der Waals surface area contributed by atoms with Crippen LogP contribution in [0.25, 0.3) is 0 Å². The van der Waals surface area contributed by atoms with Gasteiger partial charge in [-0.15, -0.1) is 0 Å². The fourth-order valence-corrected chi connectivity index (χ4v) is 0. The third kappa shape index (κ3) is 110. The molecule has 0 saturated carbocycles. The van der Waals surface area contributed by atoms with Crippen molar-refractivity contribution >= 4 is 139 Å². The van der Waals surface area contributed by atoms with Crippen LogP contribution in [-0.2, 0) is 92.8 Å². The van der Waals surface area contributed by atoms with Gasteiger partial charge < -0.3 is 0 Å². The molecule has 0 spiro atoms. The van der Waals surface area contributed by atoms with Crippen LogP contribution < -0.4 is 0 Å². The molecule has 0 rings (SSSR count). The fraction of sp³-hybridized carbons (Fsp3) is 0. The molecule has 0 fully saturated rings. The Balaban J connectivity index is 0. The molecule has 0 heterocycles. The van der Waals surface area contributed by atoms with Crippen LogP contribution in [0.15, 0.2) is 0 Å². The summed E-state index contributed by atoms with van der Waals surface area (Å²) in [6.45, 7) is 0. The van der Waals surface area contributed by atoms with Gasteiger partial charge in [-0.25, -0.2) is 0 Å². The minimum Gasteiger partial charge on any atom is 0 e. The fourth-order valence-electron chi connectivity index (χ4n) is 0. The van der Waals surface area contributed by atoms with Crippen molar-refractivity contribution < 1.29 is 92.8 Å². The van der Waals surface area contributed by atoms with Gasteiger partial charge in [0.1, 0.15) is 0 Å².